The van der Waals surface area contributed by atoms with Crippen LogP contribution in [-0.4, -0.2) is 16.7 Å². The molecule has 0 unspecified atom stereocenters. The zero-order chi connectivity index (χ0) is 19.2. The van der Waals surface area contributed by atoms with Crippen LogP contribution >= 0.6 is 0 Å². The molecule has 134 valence electrons. The molecule has 2 amide bonds. The first-order chi connectivity index (χ1) is 13.0. The number of nitro benzene ring substituents is 1. The van der Waals surface area contributed by atoms with E-state index < -0.39 is 10.8 Å². The van der Waals surface area contributed by atoms with E-state index in [0.717, 1.165) is 0 Å². The lowest BCUT2D eigenvalue weighted by Crippen LogP contribution is -2.14. The lowest BCUT2D eigenvalue weighted by molar-refractivity contribution is -0.384. The first kappa shape index (κ1) is 17.8. The van der Waals surface area contributed by atoms with Crippen LogP contribution in [0.15, 0.2) is 78.9 Å². The second-order valence-electron chi connectivity index (χ2n) is 5.66. The summed E-state index contributed by atoms with van der Waals surface area (Å²) in [4.78, 5) is 34.6. The normalized spacial score (nSPS) is 10.1. The zero-order valence-electron chi connectivity index (χ0n) is 14.1. The zero-order valence-corrected chi connectivity index (χ0v) is 14.1. The molecule has 2 N–H and O–H groups in total. The highest BCUT2D eigenvalue weighted by Gasteiger charge is 2.11. The SMILES string of the molecule is O=C(Nc1cccc(NC(=O)c2ccc([N+](=O)[O-])cc2)c1)c1ccccc1. The van der Waals surface area contributed by atoms with Gasteiger partial charge in [0.1, 0.15) is 0 Å². The van der Waals surface area contributed by atoms with Gasteiger partial charge in [-0.15, -0.1) is 0 Å². The molecule has 0 aliphatic carbocycles. The summed E-state index contributed by atoms with van der Waals surface area (Å²) in [5.41, 5.74) is 1.75. The van der Waals surface area contributed by atoms with E-state index in [9.17, 15) is 19.7 Å². The number of hydrogen-bond donors (Lipinski definition) is 2. The lowest BCUT2D eigenvalue weighted by atomic mass is 10.2. The average Bonchev–Trinajstić information content (AvgIpc) is 2.69. The summed E-state index contributed by atoms with van der Waals surface area (Å²) in [5, 5.41) is 16.1. The van der Waals surface area contributed by atoms with Crippen molar-refractivity contribution in [1.29, 1.82) is 0 Å². The predicted molar refractivity (Wildman–Crippen MR) is 102 cm³/mol. The maximum absolute atomic E-state index is 12.3. The Morgan fingerprint density at radius 1 is 0.704 bits per heavy atom. The topological polar surface area (TPSA) is 101 Å². The molecule has 0 heterocycles. The van der Waals surface area contributed by atoms with E-state index in [-0.39, 0.29) is 11.6 Å². The first-order valence-corrected chi connectivity index (χ1v) is 8.05. The molecule has 0 fully saturated rings. The van der Waals surface area contributed by atoms with Crippen molar-refractivity contribution >= 4 is 28.9 Å². The summed E-state index contributed by atoms with van der Waals surface area (Å²) < 4.78 is 0. The molecule has 0 aliphatic rings. The Balaban J connectivity index is 1.69. The van der Waals surface area contributed by atoms with Gasteiger partial charge in [0.2, 0.25) is 0 Å². The smallest absolute Gasteiger partial charge is 0.269 e. The number of nitro groups is 1. The largest absolute Gasteiger partial charge is 0.322 e. The third-order valence-electron chi connectivity index (χ3n) is 3.75. The first-order valence-electron chi connectivity index (χ1n) is 8.05. The van der Waals surface area contributed by atoms with Crippen LogP contribution in [0.4, 0.5) is 17.1 Å². The van der Waals surface area contributed by atoms with Gasteiger partial charge in [-0.25, -0.2) is 0 Å². The number of rotatable bonds is 5. The van der Waals surface area contributed by atoms with Gasteiger partial charge >= 0.3 is 0 Å². The molecule has 0 saturated carbocycles. The standard InChI is InChI=1S/C20H15N3O4/c24-19(14-5-2-1-3-6-14)21-16-7-4-8-17(13-16)22-20(25)15-9-11-18(12-10-15)23(26)27/h1-13H,(H,21,24)(H,22,25). The van der Waals surface area contributed by atoms with Gasteiger partial charge in [0.25, 0.3) is 17.5 Å². The predicted octanol–water partition coefficient (Wildman–Crippen LogP) is 4.10. The Bertz CT molecular complexity index is 986. The molecule has 27 heavy (non-hydrogen) atoms. The number of nitrogens with one attached hydrogen (secondary N) is 2. The molecule has 7 heteroatoms. The van der Waals surface area contributed by atoms with E-state index in [1.807, 2.05) is 6.07 Å². The number of amides is 2. The quantitative estimate of drug-likeness (QED) is 0.527. The van der Waals surface area contributed by atoms with E-state index in [1.165, 1.54) is 24.3 Å². The van der Waals surface area contributed by atoms with E-state index in [4.69, 9.17) is 0 Å². The highest BCUT2D eigenvalue weighted by atomic mass is 16.6. The minimum absolute atomic E-state index is 0.0860. The minimum Gasteiger partial charge on any atom is -0.322 e. The maximum Gasteiger partial charge on any atom is 0.269 e. The van der Waals surface area contributed by atoms with Crippen molar-refractivity contribution in [2.24, 2.45) is 0 Å². The van der Waals surface area contributed by atoms with Crippen molar-refractivity contribution < 1.29 is 14.5 Å². The lowest BCUT2D eigenvalue weighted by Gasteiger charge is -2.09. The molecule has 0 aliphatic heterocycles. The molecule has 3 aromatic carbocycles. The van der Waals surface area contributed by atoms with Crippen LogP contribution in [-0.2, 0) is 0 Å². The van der Waals surface area contributed by atoms with Gasteiger partial charge < -0.3 is 10.6 Å². The maximum atomic E-state index is 12.3. The van der Waals surface area contributed by atoms with E-state index >= 15 is 0 Å². The van der Waals surface area contributed by atoms with Gasteiger partial charge in [-0.05, 0) is 42.5 Å². The Hall–Kier alpha value is -4.00. The fourth-order valence-corrected chi connectivity index (χ4v) is 2.41. The fraction of sp³-hybridized carbons (Fsp3) is 0. The molecule has 0 atom stereocenters. The number of benzene rings is 3. The molecular weight excluding hydrogens is 346 g/mol. The number of hydrogen-bond acceptors (Lipinski definition) is 4. The van der Waals surface area contributed by atoms with Crippen LogP contribution in [0, 0.1) is 10.1 Å². The van der Waals surface area contributed by atoms with Crippen LogP contribution in [0.3, 0.4) is 0 Å². The highest BCUT2D eigenvalue weighted by Crippen LogP contribution is 2.18. The molecule has 7 nitrogen and oxygen atoms in total. The Morgan fingerprint density at radius 3 is 1.74 bits per heavy atom. The second kappa shape index (κ2) is 7.92. The summed E-state index contributed by atoms with van der Waals surface area (Å²) in [6, 6.07) is 20.8. The van der Waals surface area contributed by atoms with Crippen LogP contribution in [0.5, 0.6) is 0 Å². The van der Waals surface area contributed by atoms with Crippen LogP contribution in [0.1, 0.15) is 20.7 Å². The fourth-order valence-electron chi connectivity index (χ4n) is 2.41. The van der Waals surface area contributed by atoms with Gasteiger partial charge in [-0.1, -0.05) is 24.3 Å². The number of carbonyl (C=O) groups is 2. The van der Waals surface area contributed by atoms with Gasteiger partial charge in [-0.2, -0.15) is 0 Å². The van der Waals surface area contributed by atoms with Gasteiger partial charge in [0.05, 0.1) is 4.92 Å². The second-order valence-corrected chi connectivity index (χ2v) is 5.66. The van der Waals surface area contributed by atoms with E-state index in [1.54, 1.807) is 48.5 Å². The van der Waals surface area contributed by atoms with Gasteiger partial charge in [0, 0.05) is 34.6 Å². The van der Waals surface area contributed by atoms with Crippen LogP contribution < -0.4 is 10.6 Å². The Morgan fingerprint density at radius 2 is 1.22 bits per heavy atom. The molecule has 0 saturated heterocycles. The Kier molecular flexibility index (Phi) is 5.22. The summed E-state index contributed by atoms with van der Waals surface area (Å²) in [6.07, 6.45) is 0. The third kappa shape index (κ3) is 4.55. The molecule has 0 bridgehead atoms. The minimum atomic E-state index is -0.527. The van der Waals surface area contributed by atoms with Crippen molar-refractivity contribution in [3.05, 3.63) is 100 Å². The number of carbonyl (C=O) groups excluding carboxylic acids is 2. The van der Waals surface area contributed by atoms with Crippen molar-refractivity contribution in [3.8, 4) is 0 Å². The van der Waals surface area contributed by atoms with E-state index in [2.05, 4.69) is 10.6 Å². The van der Waals surface area contributed by atoms with Gasteiger partial charge in [-0.3, -0.25) is 19.7 Å². The molecule has 3 rings (SSSR count). The van der Waals surface area contributed by atoms with Crippen LogP contribution in [0.25, 0.3) is 0 Å². The number of non-ortho nitro benzene ring substituents is 1. The Labute approximate surface area is 154 Å². The molecular formula is C20H15N3O4. The summed E-state index contributed by atoms with van der Waals surface area (Å²) >= 11 is 0. The summed E-state index contributed by atoms with van der Waals surface area (Å²) in [5.74, 6) is -0.661. The van der Waals surface area contributed by atoms with E-state index in [0.29, 0.717) is 22.5 Å². The number of nitrogens with zero attached hydrogens (tertiary/aromatic N) is 1. The van der Waals surface area contributed by atoms with Crippen LogP contribution in [0.2, 0.25) is 0 Å². The number of anilines is 2. The molecule has 0 radical (unpaired) electrons. The third-order valence-corrected chi connectivity index (χ3v) is 3.75. The highest BCUT2D eigenvalue weighted by molar-refractivity contribution is 6.06. The van der Waals surface area contributed by atoms with Crippen molar-refractivity contribution in [2.75, 3.05) is 10.6 Å². The molecule has 3 aromatic rings. The summed E-state index contributed by atoms with van der Waals surface area (Å²) in [6.45, 7) is 0. The molecule has 0 aromatic heterocycles. The van der Waals surface area contributed by atoms with Crippen molar-refractivity contribution in [3.63, 3.8) is 0 Å². The molecule has 0 spiro atoms. The monoisotopic (exact) mass is 361 g/mol. The van der Waals surface area contributed by atoms with Crippen molar-refractivity contribution in [2.45, 2.75) is 0 Å². The summed E-state index contributed by atoms with van der Waals surface area (Å²) in [7, 11) is 0. The van der Waals surface area contributed by atoms with Crippen molar-refractivity contribution in [1.82, 2.24) is 0 Å². The van der Waals surface area contributed by atoms with Gasteiger partial charge in [0.15, 0.2) is 0 Å². The average molecular weight is 361 g/mol.